The van der Waals surface area contributed by atoms with Gasteiger partial charge in [0.25, 0.3) is 5.56 Å². The first-order chi connectivity index (χ1) is 22.0. The van der Waals surface area contributed by atoms with Crippen molar-refractivity contribution < 1.29 is 32.2 Å². The van der Waals surface area contributed by atoms with Crippen LogP contribution in [0, 0.1) is 13.8 Å². The topological polar surface area (TPSA) is 92.8 Å². The molecule has 0 spiro atoms. The lowest BCUT2D eigenvalue weighted by Crippen LogP contribution is -2.29. The lowest BCUT2D eigenvalue weighted by Gasteiger charge is -2.19. The van der Waals surface area contributed by atoms with E-state index in [1.807, 2.05) is 62.4 Å². The molecule has 0 radical (unpaired) electrons. The van der Waals surface area contributed by atoms with Gasteiger partial charge < -0.3 is 24.5 Å². The molecule has 0 saturated heterocycles. The Bertz CT molecular complexity index is 1900. The lowest BCUT2D eigenvalue weighted by atomic mass is 10.0. The van der Waals surface area contributed by atoms with Gasteiger partial charge in [0, 0.05) is 6.07 Å². The summed E-state index contributed by atoms with van der Waals surface area (Å²) in [5.41, 5.74) is 6.74. The van der Waals surface area contributed by atoms with E-state index in [-0.39, 0.29) is 25.5 Å². The van der Waals surface area contributed by atoms with Crippen LogP contribution in [0.4, 0.5) is 18.9 Å². The molecule has 2 N–H and O–H groups in total. The predicted molar refractivity (Wildman–Crippen MR) is 169 cm³/mol. The van der Waals surface area contributed by atoms with Crippen molar-refractivity contribution in [3.05, 3.63) is 141 Å². The van der Waals surface area contributed by atoms with Crippen LogP contribution < -0.4 is 20.8 Å². The first-order valence-electron chi connectivity index (χ1n) is 14.4. The highest BCUT2D eigenvalue weighted by Gasteiger charge is 2.35. The summed E-state index contributed by atoms with van der Waals surface area (Å²) in [7, 11) is 0. The molecule has 0 aliphatic heterocycles. The number of nitrogens with zero attached hydrogens (tertiary/aromatic N) is 1. The Balaban J connectivity index is 1.33. The largest absolute Gasteiger partial charge is 0.482 e. The highest BCUT2D eigenvalue weighted by molar-refractivity contribution is 5.71. The first kappa shape index (κ1) is 31.9. The van der Waals surface area contributed by atoms with E-state index in [1.165, 1.54) is 4.57 Å². The molecule has 1 aromatic heterocycles. The number of nitrogen functional groups attached to an aromatic ring is 1. The Morgan fingerprint density at radius 2 is 1.54 bits per heavy atom. The standard InChI is InChI=1S/C36H31F3N2O5/c1-23-11-12-27(24(2)17-23)20-41-32(19-31(36(37,38)39)34(40)35(41)43)26-13-15-28(16-14-26)46-30-10-6-9-29(18-30)44-22-33(42)45-21-25-7-4-3-5-8-25/h3-19H,20-22,40H2,1-2H3. The quantitative estimate of drug-likeness (QED) is 0.159. The van der Waals surface area contributed by atoms with E-state index in [1.54, 1.807) is 48.5 Å². The van der Waals surface area contributed by atoms with Gasteiger partial charge in [-0.25, -0.2) is 4.79 Å². The van der Waals surface area contributed by atoms with E-state index in [4.69, 9.17) is 19.9 Å². The van der Waals surface area contributed by atoms with Gasteiger partial charge in [0.05, 0.1) is 17.8 Å². The fourth-order valence-electron chi connectivity index (χ4n) is 4.87. The van der Waals surface area contributed by atoms with Crippen LogP contribution in [0.3, 0.4) is 0 Å². The van der Waals surface area contributed by atoms with Gasteiger partial charge in [-0.05, 0) is 78.6 Å². The molecule has 0 unspecified atom stereocenters. The monoisotopic (exact) mass is 628 g/mol. The van der Waals surface area contributed by atoms with Gasteiger partial charge in [-0.3, -0.25) is 4.79 Å². The average Bonchev–Trinajstić information content (AvgIpc) is 3.03. The zero-order valence-electron chi connectivity index (χ0n) is 25.1. The number of ether oxygens (including phenoxy) is 3. The summed E-state index contributed by atoms with van der Waals surface area (Å²) in [6.07, 6.45) is -4.81. The minimum absolute atomic E-state index is 0.0352. The molecular weight excluding hydrogens is 597 g/mol. The van der Waals surface area contributed by atoms with E-state index < -0.39 is 29.0 Å². The second-order valence-corrected chi connectivity index (χ2v) is 10.7. The summed E-state index contributed by atoms with van der Waals surface area (Å²) in [6, 6.07) is 28.8. The maximum absolute atomic E-state index is 13.9. The van der Waals surface area contributed by atoms with Crippen molar-refractivity contribution in [2.75, 3.05) is 12.3 Å². The molecule has 4 aromatic carbocycles. The van der Waals surface area contributed by atoms with Crippen LogP contribution in [0.2, 0.25) is 0 Å². The smallest absolute Gasteiger partial charge is 0.418 e. The molecule has 7 nitrogen and oxygen atoms in total. The Morgan fingerprint density at radius 1 is 0.826 bits per heavy atom. The van der Waals surface area contributed by atoms with Crippen LogP contribution >= 0.6 is 0 Å². The molecule has 46 heavy (non-hydrogen) atoms. The second-order valence-electron chi connectivity index (χ2n) is 10.7. The molecule has 0 saturated carbocycles. The third-order valence-electron chi connectivity index (χ3n) is 7.26. The summed E-state index contributed by atoms with van der Waals surface area (Å²) in [6.45, 7) is 3.69. The maximum Gasteiger partial charge on any atom is 0.418 e. The van der Waals surface area contributed by atoms with Crippen LogP contribution in [-0.2, 0) is 28.9 Å². The van der Waals surface area contributed by atoms with Crippen LogP contribution in [-0.4, -0.2) is 17.1 Å². The van der Waals surface area contributed by atoms with Gasteiger partial charge in [0.1, 0.15) is 29.5 Å². The number of aryl methyl sites for hydroxylation is 2. The average molecular weight is 629 g/mol. The van der Waals surface area contributed by atoms with Crippen LogP contribution in [0.1, 0.15) is 27.8 Å². The molecule has 5 rings (SSSR count). The maximum atomic E-state index is 13.9. The number of halogens is 3. The zero-order valence-corrected chi connectivity index (χ0v) is 25.1. The molecule has 0 amide bonds. The van der Waals surface area contributed by atoms with Gasteiger partial charge in [-0.15, -0.1) is 0 Å². The number of rotatable bonds is 10. The number of esters is 1. The molecular formula is C36H31F3N2O5. The molecule has 0 aliphatic rings. The zero-order chi connectivity index (χ0) is 32.8. The Labute approximate surface area is 263 Å². The molecule has 5 aromatic rings. The van der Waals surface area contributed by atoms with Crippen molar-refractivity contribution in [2.45, 2.75) is 33.2 Å². The fourth-order valence-corrected chi connectivity index (χ4v) is 4.87. The van der Waals surface area contributed by atoms with E-state index in [0.29, 0.717) is 22.8 Å². The summed E-state index contributed by atoms with van der Waals surface area (Å²) in [5.74, 6) is 0.639. The van der Waals surface area contributed by atoms with Gasteiger partial charge in [0.15, 0.2) is 6.61 Å². The molecule has 0 atom stereocenters. The third-order valence-corrected chi connectivity index (χ3v) is 7.26. The fraction of sp³-hybridized carbons (Fsp3) is 0.167. The highest BCUT2D eigenvalue weighted by atomic mass is 19.4. The van der Waals surface area contributed by atoms with Crippen LogP contribution in [0.15, 0.2) is 108 Å². The van der Waals surface area contributed by atoms with Crippen molar-refractivity contribution in [3.63, 3.8) is 0 Å². The van der Waals surface area contributed by atoms with E-state index in [0.717, 1.165) is 28.3 Å². The number of hydrogen-bond acceptors (Lipinski definition) is 6. The van der Waals surface area contributed by atoms with Gasteiger partial charge in [-0.2, -0.15) is 13.2 Å². The minimum Gasteiger partial charge on any atom is -0.482 e. The number of carbonyl (C=O) groups is 1. The third kappa shape index (κ3) is 7.76. The number of aromatic nitrogens is 1. The molecule has 0 bridgehead atoms. The van der Waals surface area contributed by atoms with Crippen molar-refractivity contribution in [1.29, 1.82) is 0 Å². The van der Waals surface area contributed by atoms with E-state index in [9.17, 15) is 22.8 Å². The van der Waals surface area contributed by atoms with Crippen LogP contribution in [0.5, 0.6) is 17.2 Å². The number of benzene rings is 4. The normalized spacial score (nSPS) is 11.2. The van der Waals surface area contributed by atoms with E-state index >= 15 is 0 Å². The first-order valence-corrected chi connectivity index (χ1v) is 14.4. The Morgan fingerprint density at radius 3 is 2.24 bits per heavy atom. The highest BCUT2D eigenvalue weighted by Crippen LogP contribution is 2.36. The molecule has 0 fully saturated rings. The predicted octanol–water partition coefficient (Wildman–Crippen LogP) is 7.70. The lowest BCUT2D eigenvalue weighted by molar-refractivity contribution is -0.147. The minimum atomic E-state index is -4.81. The summed E-state index contributed by atoms with van der Waals surface area (Å²) in [5, 5.41) is 0. The van der Waals surface area contributed by atoms with Crippen molar-refractivity contribution in [3.8, 4) is 28.5 Å². The van der Waals surface area contributed by atoms with Crippen molar-refractivity contribution in [1.82, 2.24) is 4.57 Å². The number of hydrogen-bond donors (Lipinski definition) is 1. The molecule has 10 heteroatoms. The summed E-state index contributed by atoms with van der Waals surface area (Å²) < 4.78 is 59.5. The van der Waals surface area contributed by atoms with Gasteiger partial charge in [-0.1, -0.05) is 60.2 Å². The number of carbonyl (C=O) groups excluding carboxylic acids is 1. The Kier molecular flexibility index (Phi) is 9.46. The summed E-state index contributed by atoms with van der Waals surface area (Å²) >= 11 is 0. The number of alkyl halides is 3. The number of anilines is 1. The van der Waals surface area contributed by atoms with Crippen LogP contribution in [0.25, 0.3) is 11.3 Å². The van der Waals surface area contributed by atoms with E-state index in [2.05, 4.69) is 0 Å². The summed E-state index contributed by atoms with van der Waals surface area (Å²) in [4.78, 5) is 25.3. The molecule has 0 aliphatic carbocycles. The van der Waals surface area contributed by atoms with Crippen molar-refractivity contribution >= 4 is 11.7 Å². The second kappa shape index (κ2) is 13.6. The number of pyridine rings is 1. The SMILES string of the molecule is Cc1ccc(Cn2c(-c3ccc(Oc4cccc(OCC(=O)OCc5ccccc5)c4)cc3)cc(C(F)(F)F)c(N)c2=O)c(C)c1. The van der Waals surface area contributed by atoms with Crippen molar-refractivity contribution in [2.24, 2.45) is 0 Å². The Hall–Kier alpha value is -5.51. The van der Waals surface area contributed by atoms with Gasteiger partial charge in [0.2, 0.25) is 0 Å². The van der Waals surface area contributed by atoms with Gasteiger partial charge >= 0.3 is 12.1 Å². The molecule has 236 valence electrons. The number of nitrogens with two attached hydrogens (primary N) is 1. The molecule has 1 heterocycles.